The molecular weight excluding hydrogens is 500 g/mol. The zero-order chi connectivity index (χ0) is 26.8. The van der Waals surface area contributed by atoms with Gasteiger partial charge in [0.15, 0.2) is 5.82 Å². The fraction of sp³-hybridized carbons (Fsp3) is 0.480. The Morgan fingerprint density at radius 1 is 1.22 bits per heavy atom. The minimum atomic E-state index is -4.44. The number of carbonyl (C=O) groups excluding carboxylic acids is 2. The van der Waals surface area contributed by atoms with Crippen LogP contribution in [0.3, 0.4) is 0 Å². The van der Waals surface area contributed by atoms with Crippen LogP contribution >= 0.6 is 11.6 Å². The number of primary amides is 1. The molecule has 1 aromatic heterocycles. The lowest BCUT2D eigenvalue weighted by atomic mass is 9.80. The normalized spacial score (nSPS) is 16.5. The lowest BCUT2D eigenvalue weighted by Gasteiger charge is -2.30. The van der Waals surface area contributed by atoms with Gasteiger partial charge in [-0.3, -0.25) is 14.6 Å². The zero-order valence-electron chi connectivity index (χ0n) is 20.3. The van der Waals surface area contributed by atoms with Crippen LogP contribution in [0.4, 0.5) is 17.6 Å². The number of nitrogens with zero attached hydrogens (tertiary/aromatic N) is 2. The lowest BCUT2D eigenvalue weighted by Crippen LogP contribution is -2.43. The Labute approximate surface area is 212 Å². The molecule has 0 radical (unpaired) electrons. The topological polar surface area (TPSA) is 88.3 Å². The largest absolute Gasteiger partial charge is 0.395 e. The number of hydrogen-bond donors (Lipinski definition) is 2. The Morgan fingerprint density at radius 3 is 2.39 bits per heavy atom. The van der Waals surface area contributed by atoms with E-state index in [9.17, 15) is 27.2 Å². The molecule has 0 spiro atoms. The quantitative estimate of drug-likeness (QED) is 0.448. The highest BCUT2D eigenvalue weighted by atomic mass is 35.5. The monoisotopic (exact) mass is 528 g/mol. The molecule has 0 aliphatic heterocycles. The maximum atomic E-state index is 14.4. The Morgan fingerprint density at radius 2 is 1.89 bits per heavy atom. The molecule has 11 heteroatoms. The Kier molecular flexibility index (Phi) is 8.30. The summed E-state index contributed by atoms with van der Waals surface area (Å²) in [7, 11) is 3.50. The standard InChI is InChI=1S/C25H29ClF4N4O2/c1-14-4-5-16(12-32-14)19(24(8-9-24)25(28,29)30)11-20(35)33-13-17(34(2)3)10-15-6-7-18(23(31)36)22(27)21(15)26/h4-7,12,17,19H,8-11,13H2,1-3H3,(H2,31,36)(H,33,35)/t17-,19+/m0/s1. The Bertz CT molecular complexity index is 1120. The fourth-order valence-electron chi connectivity index (χ4n) is 4.40. The van der Waals surface area contributed by atoms with E-state index in [0.29, 0.717) is 16.8 Å². The van der Waals surface area contributed by atoms with Crippen LogP contribution in [0.1, 0.15) is 52.4 Å². The first-order valence-electron chi connectivity index (χ1n) is 11.5. The fourth-order valence-corrected chi connectivity index (χ4v) is 4.64. The van der Waals surface area contributed by atoms with Crippen molar-refractivity contribution in [3.63, 3.8) is 0 Å². The van der Waals surface area contributed by atoms with Crippen molar-refractivity contribution >= 4 is 23.4 Å². The number of aryl methyl sites for hydroxylation is 1. The molecule has 196 valence electrons. The Balaban J connectivity index is 1.73. The molecule has 1 heterocycles. The third-order valence-electron chi connectivity index (χ3n) is 6.89. The second-order valence-corrected chi connectivity index (χ2v) is 9.91. The van der Waals surface area contributed by atoms with Crippen LogP contribution in [-0.4, -0.2) is 54.6 Å². The van der Waals surface area contributed by atoms with Gasteiger partial charge in [-0.2, -0.15) is 13.2 Å². The third kappa shape index (κ3) is 5.98. The highest BCUT2D eigenvalue weighted by molar-refractivity contribution is 6.32. The molecule has 3 rings (SSSR count). The number of nitrogens with two attached hydrogens (primary N) is 1. The van der Waals surface area contributed by atoms with E-state index in [4.69, 9.17) is 17.3 Å². The van der Waals surface area contributed by atoms with Gasteiger partial charge >= 0.3 is 6.18 Å². The molecular formula is C25H29ClF4N4O2. The van der Waals surface area contributed by atoms with Crippen LogP contribution in [0.25, 0.3) is 0 Å². The van der Waals surface area contributed by atoms with Gasteiger partial charge in [-0.05, 0) is 63.5 Å². The molecule has 6 nitrogen and oxygen atoms in total. The van der Waals surface area contributed by atoms with Crippen LogP contribution in [0.15, 0.2) is 30.5 Å². The molecule has 2 amide bonds. The number of amides is 2. The summed E-state index contributed by atoms with van der Waals surface area (Å²) < 4.78 is 56.2. The van der Waals surface area contributed by atoms with E-state index in [2.05, 4.69) is 10.3 Å². The number of halogens is 5. The minimum absolute atomic E-state index is 0.0337. The van der Waals surface area contributed by atoms with Gasteiger partial charge in [0.2, 0.25) is 5.91 Å². The molecule has 0 unspecified atom stereocenters. The maximum absolute atomic E-state index is 14.4. The van der Waals surface area contributed by atoms with E-state index in [1.54, 1.807) is 38.1 Å². The van der Waals surface area contributed by atoms with Gasteiger partial charge in [0.05, 0.1) is 16.0 Å². The predicted molar refractivity (Wildman–Crippen MR) is 128 cm³/mol. The highest BCUT2D eigenvalue weighted by Gasteiger charge is 2.67. The first-order chi connectivity index (χ1) is 16.8. The highest BCUT2D eigenvalue weighted by Crippen LogP contribution is 2.66. The average molecular weight is 529 g/mol. The number of benzene rings is 1. The summed E-state index contributed by atoms with van der Waals surface area (Å²) in [6, 6.07) is 5.63. The lowest BCUT2D eigenvalue weighted by molar-refractivity contribution is -0.194. The summed E-state index contributed by atoms with van der Waals surface area (Å²) in [6.45, 7) is 1.84. The summed E-state index contributed by atoms with van der Waals surface area (Å²) in [4.78, 5) is 30.1. The summed E-state index contributed by atoms with van der Waals surface area (Å²) in [6.07, 6.45) is -3.21. The van der Waals surface area contributed by atoms with Crippen LogP contribution in [0.2, 0.25) is 5.02 Å². The second-order valence-electron chi connectivity index (χ2n) is 9.53. The van der Waals surface area contributed by atoms with Crippen LogP contribution in [0, 0.1) is 18.2 Å². The molecule has 0 saturated heterocycles. The maximum Gasteiger partial charge on any atom is 0.395 e. The Hall–Kier alpha value is -2.72. The average Bonchev–Trinajstić information content (AvgIpc) is 3.60. The van der Waals surface area contributed by atoms with Gasteiger partial charge in [-0.25, -0.2) is 4.39 Å². The van der Waals surface area contributed by atoms with E-state index in [0.717, 1.165) is 0 Å². The summed E-state index contributed by atoms with van der Waals surface area (Å²) in [5.41, 5.74) is 4.35. The van der Waals surface area contributed by atoms with Gasteiger partial charge in [0.1, 0.15) is 0 Å². The number of alkyl halides is 3. The van der Waals surface area contributed by atoms with Gasteiger partial charge in [-0.15, -0.1) is 0 Å². The zero-order valence-corrected chi connectivity index (χ0v) is 21.0. The van der Waals surface area contributed by atoms with Gasteiger partial charge in [0.25, 0.3) is 5.91 Å². The minimum Gasteiger partial charge on any atom is -0.366 e. The van der Waals surface area contributed by atoms with Crippen molar-refractivity contribution < 1.29 is 27.2 Å². The number of pyridine rings is 1. The molecule has 1 saturated carbocycles. The predicted octanol–water partition coefficient (Wildman–Crippen LogP) is 4.39. The van der Waals surface area contributed by atoms with Crippen molar-refractivity contribution in [2.45, 2.75) is 50.7 Å². The number of hydrogen-bond acceptors (Lipinski definition) is 4. The van der Waals surface area contributed by atoms with Gasteiger partial charge in [0, 0.05) is 36.8 Å². The van der Waals surface area contributed by atoms with Crippen LogP contribution in [-0.2, 0) is 11.2 Å². The first-order valence-corrected chi connectivity index (χ1v) is 11.8. The van der Waals surface area contributed by atoms with Crippen molar-refractivity contribution in [3.05, 3.63) is 63.7 Å². The smallest absolute Gasteiger partial charge is 0.366 e. The van der Waals surface area contributed by atoms with Crippen molar-refractivity contribution in [1.29, 1.82) is 0 Å². The number of nitrogens with one attached hydrogen (secondary N) is 1. The molecule has 1 aliphatic rings. The van der Waals surface area contributed by atoms with Crippen molar-refractivity contribution in [2.75, 3.05) is 20.6 Å². The van der Waals surface area contributed by atoms with E-state index in [-0.39, 0.29) is 48.9 Å². The number of likely N-dealkylation sites (N-methyl/N-ethyl adjacent to an activating group) is 1. The molecule has 1 aliphatic carbocycles. The number of aromatic nitrogens is 1. The molecule has 0 bridgehead atoms. The van der Waals surface area contributed by atoms with Crippen LogP contribution in [0.5, 0.6) is 0 Å². The summed E-state index contributed by atoms with van der Waals surface area (Å²) >= 11 is 6.10. The molecule has 1 fully saturated rings. The van der Waals surface area contributed by atoms with E-state index in [1.165, 1.54) is 18.3 Å². The molecule has 2 aromatic rings. The second kappa shape index (κ2) is 10.7. The van der Waals surface area contributed by atoms with Crippen molar-refractivity contribution in [3.8, 4) is 0 Å². The third-order valence-corrected chi connectivity index (χ3v) is 7.30. The van der Waals surface area contributed by atoms with Crippen molar-refractivity contribution in [1.82, 2.24) is 15.2 Å². The van der Waals surface area contributed by atoms with E-state index >= 15 is 0 Å². The SMILES string of the molecule is Cc1ccc([C@@H](CC(=O)NC[C@H](Cc2ccc(C(N)=O)c(F)c2Cl)N(C)C)C2(C(F)(F)F)CC2)cn1. The van der Waals surface area contributed by atoms with Crippen molar-refractivity contribution in [2.24, 2.45) is 11.1 Å². The molecule has 3 N–H and O–H groups in total. The van der Waals surface area contributed by atoms with Gasteiger partial charge in [-0.1, -0.05) is 23.7 Å². The summed E-state index contributed by atoms with van der Waals surface area (Å²) in [5, 5.41) is 2.49. The molecule has 1 aromatic carbocycles. The number of rotatable bonds is 10. The molecule has 36 heavy (non-hydrogen) atoms. The number of carbonyl (C=O) groups is 2. The first kappa shape index (κ1) is 27.9. The summed E-state index contributed by atoms with van der Waals surface area (Å²) in [5.74, 6) is -3.43. The molecule has 2 atom stereocenters. The van der Waals surface area contributed by atoms with E-state index < -0.39 is 35.1 Å². The van der Waals surface area contributed by atoms with E-state index in [1.807, 2.05) is 0 Å². The van der Waals surface area contributed by atoms with Crippen LogP contribution < -0.4 is 11.1 Å². The van der Waals surface area contributed by atoms with Gasteiger partial charge < -0.3 is 16.0 Å².